The summed E-state index contributed by atoms with van der Waals surface area (Å²) in [5.74, 6) is 1.57. The van der Waals surface area contributed by atoms with Gasteiger partial charge in [-0.3, -0.25) is 0 Å². The maximum Gasteiger partial charge on any atom is 0.417 e. The molecule has 0 amide bonds. The zero-order chi connectivity index (χ0) is 24.2. The van der Waals surface area contributed by atoms with Crippen LogP contribution in [0.25, 0.3) is 0 Å². The van der Waals surface area contributed by atoms with Crippen LogP contribution in [0.2, 0.25) is 5.02 Å². The summed E-state index contributed by atoms with van der Waals surface area (Å²) < 4.78 is 55.6. The lowest BCUT2D eigenvalue weighted by molar-refractivity contribution is -0.137. The van der Waals surface area contributed by atoms with E-state index in [9.17, 15) is 13.2 Å². The number of benzene rings is 2. The van der Waals surface area contributed by atoms with Gasteiger partial charge in [0.2, 0.25) is 5.75 Å². The highest BCUT2D eigenvalue weighted by molar-refractivity contribution is 7.80. The third-order valence-electron chi connectivity index (χ3n) is 5.68. The summed E-state index contributed by atoms with van der Waals surface area (Å²) in [5, 5.41) is 3.07. The highest BCUT2D eigenvalue weighted by Gasteiger charge is 2.33. The first kappa shape index (κ1) is 25.2. The van der Waals surface area contributed by atoms with E-state index in [2.05, 4.69) is 5.32 Å². The Labute approximate surface area is 201 Å². The second-order valence-electron chi connectivity index (χ2n) is 7.68. The Kier molecular flexibility index (Phi) is 8.18. The molecule has 0 bridgehead atoms. The average Bonchev–Trinajstić information content (AvgIpc) is 3.30. The second kappa shape index (κ2) is 10.7. The number of nitrogens with zero attached hydrogens (tertiary/aromatic N) is 1. The van der Waals surface area contributed by atoms with E-state index in [1.54, 1.807) is 27.4 Å². The maximum atomic E-state index is 13.0. The zero-order valence-corrected chi connectivity index (χ0v) is 20.2. The predicted octanol–water partition coefficient (Wildman–Crippen LogP) is 6.53. The number of anilines is 1. The van der Waals surface area contributed by atoms with Crippen LogP contribution in [0.3, 0.4) is 0 Å². The molecule has 2 aromatic rings. The van der Waals surface area contributed by atoms with Crippen LogP contribution < -0.4 is 19.5 Å². The molecule has 0 aliphatic heterocycles. The molecule has 0 heterocycles. The van der Waals surface area contributed by atoms with Crippen LogP contribution in [-0.4, -0.2) is 37.4 Å². The van der Waals surface area contributed by atoms with E-state index in [0.29, 0.717) is 34.6 Å². The van der Waals surface area contributed by atoms with Crippen molar-refractivity contribution in [2.75, 3.05) is 26.6 Å². The SMILES string of the molecule is COc1ccc(CN(C(=S)Nc2ccc(C(F)(F)F)c(Cl)c2)C2CCCC2)c(OC)c1OC. The van der Waals surface area contributed by atoms with Crippen LogP contribution in [0.1, 0.15) is 36.8 Å². The van der Waals surface area contributed by atoms with Crippen molar-refractivity contribution in [1.82, 2.24) is 4.90 Å². The number of nitrogens with one attached hydrogen (secondary N) is 1. The van der Waals surface area contributed by atoms with E-state index in [-0.39, 0.29) is 11.1 Å². The van der Waals surface area contributed by atoms with Gasteiger partial charge in [0.1, 0.15) is 0 Å². The van der Waals surface area contributed by atoms with E-state index < -0.39 is 11.7 Å². The molecular weight excluding hydrogens is 477 g/mol. The number of hydrogen-bond acceptors (Lipinski definition) is 4. The first-order valence-corrected chi connectivity index (χ1v) is 11.2. The fourth-order valence-corrected chi connectivity index (χ4v) is 4.69. The summed E-state index contributed by atoms with van der Waals surface area (Å²) in [6, 6.07) is 7.39. The molecule has 0 atom stereocenters. The molecule has 0 aromatic heterocycles. The van der Waals surface area contributed by atoms with Crippen molar-refractivity contribution in [3.63, 3.8) is 0 Å². The third kappa shape index (κ3) is 5.76. The van der Waals surface area contributed by atoms with Gasteiger partial charge in [-0.2, -0.15) is 13.2 Å². The number of methoxy groups -OCH3 is 3. The van der Waals surface area contributed by atoms with Gasteiger partial charge in [0, 0.05) is 23.8 Å². The van der Waals surface area contributed by atoms with Gasteiger partial charge in [0.15, 0.2) is 16.6 Å². The smallest absolute Gasteiger partial charge is 0.417 e. The molecular formula is C23H26ClF3N2O3S. The van der Waals surface area contributed by atoms with Gasteiger partial charge < -0.3 is 24.4 Å². The Morgan fingerprint density at radius 1 is 1.06 bits per heavy atom. The number of alkyl halides is 3. The quantitative estimate of drug-likeness (QED) is 0.434. The first-order valence-electron chi connectivity index (χ1n) is 10.4. The second-order valence-corrected chi connectivity index (χ2v) is 8.48. The number of ether oxygens (including phenoxy) is 3. The molecule has 180 valence electrons. The lowest BCUT2D eigenvalue weighted by atomic mass is 10.1. The monoisotopic (exact) mass is 502 g/mol. The number of hydrogen-bond donors (Lipinski definition) is 1. The molecule has 0 spiro atoms. The van der Waals surface area contributed by atoms with Crippen LogP contribution in [0.4, 0.5) is 18.9 Å². The fourth-order valence-electron chi connectivity index (χ4n) is 4.07. The van der Waals surface area contributed by atoms with E-state index in [4.69, 9.17) is 38.0 Å². The average molecular weight is 503 g/mol. The topological polar surface area (TPSA) is 43.0 Å². The number of thiocarbonyl (C=S) groups is 1. The molecule has 0 radical (unpaired) electrons. The van der Waals surface area contributed by atoms with Crippen molar-refractivity contribution in [3.05, 3.63) is 46.5 Å². The molecule has 1 fully saturated rings. The summed E-state index contributed by atoms with van der Waals surface area (Å²) >= 11 is 11.6. The van der Waals surface area contributed by atoms with Crippen molar-refractivity contribution >= 4 is 34.6 Å². The Hall–Kier alpha value is -2.39. The first-order chi connectivity index (χ1) is 15.7. The van der Waals surface area contributed by atoms with Gasteiger partial charge >= 0.3 is 6.18 Å². The maximum absolute atomic E-state index is 13.0. The van der Waals surface area contributed by atoms with Crippen LogP contribution in [0.5, 0.6) is 17.2 Å². The number of rotatable bonds is 7. The van der Waals surface area contributed by atoms with Gasteiger partial charge in [0.05, 0.1) is 31.9 Å². The zero-order valence-electron chi connectivity index (χ0n) is 18.6. The molecule has 5 nitrogen and oxygen atoms in total. The molecule has 1 aliphatic carbocycles. The van der Waals surface area contributed by atoms with E-state index in [0.717, 1.165) is 37.3 Å². The molecule has 2 aromatic carbocycles. The number of halogens is 4. The van der Waals surface area contributed by atoms with Gasteiger partial charge in [-0.1, -0.05) is 24.4 Å². The standard InChI is InChI=1S/C23H26ClF3N2O3S/c1-30-19-11-8-14(20(31-2)21(19)32-3)13-29(16-6-4-5-7-16)22(33)28-15-9-10-17(18(24)12-15)23(25,26)27/h8-12,16H,4-7,13H2,1-3H3,(H,28,33). The van der Waals surface area contributed by atoms with Crippen molar-refractivity contribution in [3.8, 4) is 17.2 Å². The predicted molar refractivity (Wildman–Crippen MR) is 127 cm³/mol. The minimum Gasteiger partial charge on any atom is -0.493 e. The van der Waals surface area contributed by atoms with E-state index in [1.807, 2.05) is 11.0 Å². The lowest BCUT2D eigenvalue weighted by Gasteiger charge is -2.32. The van der Waals surface area contributed by atoms with Gasteiger partial charge in [-0.25, -0.2) is 0 Å². The summed E-state index contributed by atoms with van der Waals surface area (Å²) in [5.41, 5.74) is 0.347. The molecule has 0 unspecified atom stereocenters. The van der Waals surface area contributed by atoms with Crippen LogP contribution in [-0.2, 0) is 12.7 Å². The van der Waals surface area contributed by atoms with Crippen molar-refractivity contribution in [2.24, 2.45) is 0 Å². The molecule has 1 N–H and O–H groups in total. The highest BCUT2D eigenvalue weighted by Crippen LogP contribution is 2.41. The van der Waals surface area contributed by atoms with E-state index >= 15 is 0 Å². The Morgan fingerprint density at radius 3 is 2.27 bits per heavy atom. The minimum atomic E-state index is -4.52. The van der Waals surface area contributed by atoms with Crippen LogP contribution >= 0.6 is 23.8 Å². The molecule has 3 rings (SSSR count). The van der Waals surface area contributed by atoms with Crippen LogP contribution in [0, 0.1) is 0 Å². The van der Waals surface area contributed by atoms with Crippen molar-refractivity contribution < 1.29 is 27.4 Å². The molecule has 1 aliphatic rings. The van der Waals surface area contributed by atoms with E-state index in [1.165, 1.54) is 12.1 Å². The molecule has 0 saturated heterocycles. The van der Waals surface area contributed by atoms with Crippen LogP contribution in [0.15, 0.2) is 30.3 Å². The van der Waals surface area contributed by atoms with Gasteiger partial charge in [-0.15, -0.1) is 0 Å². The lowest BCUT2D eigenvalue weighted by Crippen LogP contribution is -2.41. The Morgan fingerprint density at radius 2 is 1.73 bits per heavy atom. The largest absolute Gasteiger partial charge is 0.493 e. The summed E-state index contributed by atoms with van der Waals surface area (Å²) in [4.78, 5) is 2.04. The summed E-state index contributed by atoms with van der Waals surface area (Å²) in [6.07, 6.45) is -0.426. The third-order valence-corrected chi connectivity index (χ3v) is 6.33. The Balaban J connectivity index is 1.88. The summed E-state index contributed by atoms with van der Waals surface area (Å²) in [6.45, 7) is 0.425. The minimum absolute atomic E-state index is 0.188. The highest BCUT2D eigenvalue weighted by atomic mass is 35.5. The summed E-state index contributed by atoms with van der Waals surface area (Å²) in [7, 11) is 4.65. The molecule has 10 heteroatoms. The van der Waals surface area contributed by atoms with Gasteiger partial charge in [0.25, 0.3) is 0 Å². The fraction of sp³-hybridized carbons (Fsp3) is 0.435. The molecule has 33 heavy (non-hydrogen) atoms. The Bertz CT molecular complexity index is 998. The van der Waals surface area contributed by atoms with Crippen molar-refractivity contribution in [1.29, 1.82) is 0 Å². The van der Waals surface area contributed by atoms with Gasteiger partial charge in [-0.05, 0) is 55.4 Å². The normalized spacial score (nSPS) is 14.2. The molecule has 1 saturated carbocycles. The van der Waals surface area contributed by atoms with Crippen molar-refractivity contribution in [2.45, 2.75) is 44.4 Å².